The number of aliphatic hydroxyl groups excluding tert-OH is 1. The maximum Gasteiger partial charge on any atom is 0.301 e. The number of Topliss-reactive ketones (excluding diaryl/α,β-unsaturated/α-hetero) is 1. The van der Waals surface area contributed by atoms with Gasteiger partial charge in [0, 0.05) is 11.9 Å². The van der Waals surface area contributed by atoms with Gasteiger partial charge in [-0.05, 0) is 47.2 Å². The molecule has 1 unspecified atom stereocenters. The van der Waals surface area contributed by atoms with Crippen molar-refractivity contribution in [1.82, 2.24) is 19.6 Å². The highest BCUT2D eigenvalue weighted by Crippen LogP contribution is 2.44. The standard InChI is InChI=1S/C32H28FN5O3S2/c1-18-25(37-16-8-7-11-23(37)34-18)27(39)24-26(19-12-14-21(15-13-19)32(2,3)4)38(29(41)28(24)40)30-35-36-31(43-30)42-17-20-9-5-6-10-22(20)33/h5-16,26,39H,17H2,1-4H3/b27-24+. The molecule has 8 nitrogen and oxygen atoms in total. The Morgan fingerprint density at radius 3 is 2.47 bits per heavy atom. The zero-order valence-electron chi connectivity index (χ0n) is 23.9. The van der Waals surface area contributed by atoms with Gasteiger partial charge in [-0.3, -0.25) is 18.9 Å². The number of amides is 1. The second kappa shape index (κ2) is 11.1. The minimum absolute atomic E-state index is 0.0574. The summed E-state index contributed by atoms with van der Waals surface area (Å²) in [6.45, 7) is 8.05. The Balaban J connectivity index is 1.45. The predicted octanol–water partition coefficient (Wildman–Crippen LogP) is 6.85. The lowest BCUT2D eigenvalue weighted by atomic mass is 9.85. The molecule has 4 heterocycles. The molecular weight excluding hydrogens is 586 g/mol. The fraction of sp³-hybridized carbons (Fsp3) is 0.219. The summed E-state index contributed by atoms with van der Waals surface area (Å²) in [5.74, 6) is -1.96. The number of rotatable bonds is 6. The first-order valence-electron chi connectivity index (χ1n) is 13.6. The normalized spacial score (nSPS) is 16.9. The van der Waals surface area contributed by atoms with Crippen molar-refractivity contribution in [3.05, 3.63) is 112 Å². The van der Waals surface area contributed by atoms with Crippen molar-refractivity contribution in [3.63, 3.8) is 0 Å². The first kappa shape index (κ1) is 28.8. The zero-order chi connectivity index (χ0) is 30.5. The number of thioether (sulfide) groups is 1. The average Bonchev–Trinajstić information content (AvgIpc) is 3.65. The van der Waals surface area contributed by atoms with E-state index in [4.69, 9.17) is 0 Å². The number of aliphatic hydroxyl groups is 1. The molecule has 218 valence electrons. The van der Waals surface area contributed by atoms with Gasteiger partial charge in [0.05, 0.1) is 17.3 Å². The van der Waals surface area contributed by atoms with Crippen molar-refractivity contribution >= 4 is 51.3 Å². The summed E-state index contributed by atoms with van der Waals surface area (Å²) >= 11 is 2.42. The number of fused-ring (bicyclic) bond motifs is 1. The quantitative estimate of drug-likeness (QED) is 0.0735. The SMILES string of the molecule is Cc1nc2ccccn2c1/C(O)=C1\C(=O)C(=O)N(c2nnc(SCc3ccccc3F)s2)C1c1ccc(C(C)(C)C)cc1. The van der Waals surface area contributed by atoms with Crippen LogP contribution in [-0.4, -0.2) is 36.4 Å². The molecule has 1 aliphatic heterocycles. The average molecular weight is 614 g/mol. The summed E-state index contributed by atoms with van der Waals surface area (Å²) in [6, 6.07) is 18.6. The first-order chi connectivity index (χ1) is 20.5. The Morgan fingerprint density at radius 1 is 1.02 bits per heavy atom. The Kier molecular flexibility index (Phi) is 7.39. The number of ketones is 1. The maximum absolute atomic E-state index is 14.2. The van der Waals surface area contributed by atoms with Crippen LogP contribution in [0.15, 0.2) is 82.8 Å². The molecule has 1 amide bonds. The third-order valence-corrected chi connectivity index (χ3v) is 9.48. The summed E-state index contributed by atoms with van der Waals surface area (Å²) < 4.78 is 16.4. The molecule has 1 atom stereocenters. The van der Waals surface area contributed by atoms with Gasteiger partial charge in [-0.1, -0.05) is 92.4 Å². The Morgan fingerprint density at radius 2 is 1.74 bits per heavy atom. The van der Waals surface area contributed by atoms with Crippen molar-refractivity contribution in [2.45, 2.75) is 49.2 Å². The summed E-state index contributed by atoms with van der Waals surface area (Å²) in [5.41, 5.74) is 3.51. The molecule has 0 saturated carbocycles. The minimum Gasteiger partial charge on any atom is -0.505 e. The van der Waals surface area contributed by atoms with E-state index in [0.29, 0.717) is 38.3 Å². The van der Waals surface area contributed by atoms with Gasteiger partial charge in [0.15, 0.2) is 10.1 Å². The van der Waals surface area contributed by atoms with E-state index in [2.05, 4.69) is 36.0 Å². The Labute approximate surface area is 255 Å². The molecule has 0 aliphatic carbocycles. The fourth-order valence-corrected chi connectivity index (χ4v) is 7.00. The second-order valence-electron chi connectivity index (χ2n) is 11.2. The Bertz CT molecular complexity index is 1910. The molecular formula is C32H28FN5O3S2. The summed E-state index contributed by atoms with van der Waals surface area (Å²) in [4.78, 5) is 33.2. The topological polar surface area (TPSA) is 101 Å². The van der Waals surface area contributed by atoms with E-state index in [0.717, 1.165) is 16.9 Å². The lowest BCUT2D eigenvalue weighted by Gasteiger charge is -2.24. The molecule has 0 spiro atoms. The van der Waals surface area contributed by atoms with E-state index in [9.17, 15) is 19.1 Å². The van der Waals surface area contributed by atoms with Crippen LogP contribution in [0.5, 0.6) is 0 Å². The van der Waals surface area contributed by atoms with E-state index >= 15 is 0 Å². The lowest BCUT2D eigenvalue weighted by molar-refractivity contribution is -0.132. The third-order valence-electron chi connectivity index (χ3n) is 7.38. The number of pyridine rings is 1. The summed E-state index contributed by atoms with van der Waals surface area (Å²) in [6.07, 6.45) is 1.75. The molecule has 0 radical (unpaired) electrons. The van der Waals surface area contributed by atoms with Crippen LogP contribution in [-0.2, 0) is 20.8 Å². The number of nitrogens with zero attached hydrogens (tertiary/aromatic N) is 5. The van der Waals surface area contributed by atoms with E-state index in [1.54, 1.807) is 47.9 Å². The van der Waals surface area contributed by atoms with E-state index in [1.165, 1.54) is 22.7 Å². The Hall–Kier alpha value is -4.35. The van der Waals surface area contributed by atoms with Gasteiger partial charge in [0.1, 0.15) is 17.2 Å². The molecule has 1 N–H and O–H groups in total. The molecule has 1 fully saturated rings. The number of hydrogen-bond acceptors (Lipinski definition) is 8. The monoisotopic (exact) mass is 613 g/mol. The molecule has 6 rings (SSSR count). The highest BCUT2D eigenvalue weighted by molar-refractivity contribution is 8.00. The van der Waals surface area contributed by atoms with Crippen LogP contribution in [0.1, 0.15) is 54.9 Å². The maximum atomic E-state index is 14.2. The van der Waals surface area contributed by atoms with Gasteiger partial charge in [-0.15, -0.1) is 10.2 Å². The van der Waals surface area contributed by atoms with Crippen molar-refractivity contribution in [2.75, 3.05) is 4.90 Å². The lowest BCUT2D eigenvalue weighted by Crippen LogP contribution is -2.29. The second-order valence-corrected chi connectivity index (χ2v) is 13.4. The van der Waals surface area contributed by atoms with Crippen molar-refractivity contribution < 1.29 is 19.1 Å². The highest BCUT2D eigenvalue weighted by atomic mass is 32.2. The fourth-order valence-electron chi connectivity index (χ4n) is 5.15. The van der Waals surface area contributed by atoms with E-state index in [1.807, 2.05) is 30.3 Å². The van der Waals surface area contributed by atoms with Gasteiger partial charge in [0.25, 0.3) is 5.78 Å². The number of halogens is 1. The molecule has 2 aromatic carbocycles. The van der Waals surface area contributed by atoms with Crippen LogP contribution >= 0.6 is 23.1 Å². The number of carbonyl (C=O) groups is 2. The molecule has 43 heavy (non-hydrogen) atoms. The van der Waals surface area contributed by atoms with E-state index < -0.39 is 17.7 Å². The molecule has 0 bridgehead atoms. The van der Waals surface area contributed by atoms with Gasteiger partial charge >= 0.3 is 5.91 Å². The van der Waals surface area contributed by atoms with Crippen LogP contribution < -0.4 is 4.90 Å². The number of hydrogen-bond donors (Lipinski definition) is 1. The third kappa shape index (κ3) is 5.23. The van der Waals surface area contributed by atoms with Gasteiger partial charge in [-0.25, -0.2) is 9.37 Å². The van der Waals surface area contributed by atoms with Gasteiger partial charge in [-0.2, -0.15) is 0 Å². The van der Waals surface area contributed by atoms with Crippen LogP contribution in [0.4, 0.5) is 9.52 Å². The summed E-state index contributed by atoms with van der Waals surface area (Å²) in [7, 11) is 0. The van der Waals surface area contributed by atoms with Crippen molar-refractivity contribution in [1.29, 1.82) is 0 Å². The number of imidazole rings is 1. The summed E-state index contributed by atoms with van der Waals surface area (Å²) in [5, 5.41) is 20.4. The van der Waals surface area contributed by atoms with Crippen LogP contribution in [0, 0.1) is 12.7 Å². The number of aromatic nitrogens is 4. The zero-order valence-corrected chi connectivity index (χ0v) is 25.5. The molecule has 11 heteroatoms. The van der Waals surface area contributed by atoms with Crippen molar-refractivity contribution in [2.24, 2.45) is 0 Å². The smallest absolute Gasteiger partial charge is 0.301 e. The highest BCUT2D eigenvalue weighted by Gasteiger charge is 2.49. The van der Waals surface area contributed by atoms with Crippen molar-refractivity contribution in [3.8, 4) is 0 Å². The largest absolute Gasteiger partial charge is 0.505 e. The van der Waals surface area contributed by atoms with Crippen LogP contribution in [0.25, 0.3) is 11.4 Å². The predicted molar refractivity (Wildman–Crippen MR) is 166 cm³/mol. The molecule has 3 aromatic heterocycles. The van der Waals surface area contributed by atoms with E-state index in [-0.39, 0.29) is 27.7 Å². The van der Waals surface area contributed by atoms with Crippen LogP contribution in [0.3, 0.4) is 0 Å². The number of benzene rings is 2. The molecule has 1 saturated heterocycles. The first-order valence-corrected chi connectivity index (χ1v) is 15.4. The number of aryl methyl sites for hydroxylation is 1. The van der Waals surface area contributed by atoms with Gasteiger partial charge in [0.2, 0.25) is 5.13 Å². The van der Waals surface area contributed by atoms with Crippen LogP contribution in [0.2, 0.25) is 0 Å². The minimum atomic E-state index is -0.958. The van der Waals surface area contributed by atoms with Gasteiger partial charge < -0.3 is 5.11 Å². The molecule has 1 aliphatic rings. The molecule has 5 aromatic rings. The number of anilines is 1. The number of carbonyl (C=O) groups excluding carboxylic acids is 2.